The number of carboxylic acids is 1. The molecule has 0 unspecified atom stereocenters. The molecule has 0 aliphatic carbocycles. The third kappa shape index (κ3) is 3.29. The molecule has 0 bridgehead atoms. The minimum Gasteiger partial charge on any atom is -0.495 e. The van der Waals surface area contributed by atoms with Crippen molar-refractivity contribution in [1.29, 1.82) is 0 Å². The maximum absolute atomic E-state index is 10.4. The number of rotatable bonds is 4. The lowest BCUT2D eigenvalue weighted by Crippen LogP contribution is -1.98. The van der Waals surface area contributed by atoms with Gasteiger partial charge in [0.1, 0.15) is 5.75 Å². The molecule has 5 heteroatoms. The lowest BCUT2D eigenvalue weighted by atomic mass is 10.1. The van der Waals surface area contributed by atoms with Gasteiger partial charge < -0.3 is 9.84 Å². The van der Waals surface area contributed by atoms with E-state index < -0.39 is 5.97 Å². The lowest BCUT2D eigenvalue weighted by Gasteiger charge is -2.07. The van der Waals surface area contributed by atoms with Crippen LogP contribution in [0.5, 0.6) is 5.75 Å². The first-order valence-electron chi connectivity index (χ1n) is 4.28. The number of hydrogen-bond acceptors (Lipinski definition) is 2. The molecule has 1 aromatic carbocycles. The van der Waals surface area contributed by atoms with Crippen molar-refractivity contribution in [3.63, 3.8) is 0 Å². The molecule has 0 saturated carbocycles. The molecule has 82 valence electrons. The van der Waals surface area contributed by atoms with Gasteiger partial charge in [-0.2, -0.15) is 0 Å². The molecule has 3 nitrogen and oxygen atoms in total. The molecule has 0 atom stereocenters. The molecular weight excluding hydrogens is 239 g/mol. The van der Waals surface area contributed by atoms with Crippen LogP contribution in [-0.2, 0) is 11.2 Å². The fourth-order valence-corrected chi connectivity index (χ4v) is 1.67. The van der Waals surface area contributed by atoms with Crippen LogP contribution in [0.1, 0.15) is 12.0 Å². The molecule has 0 aliphatic heterocycles. The van der Waals surface area contributed by atoms with Crippen LogP contribution in [0.4, 0.5) is 0 Å². The number of carbonyl (C=O) groups is 1. The third-order valence-corrected chi connectivity index (χ3v) is 2.58. The van der Waals surface area contributed by atoms with Crippen molar-refractivity contribution >= 4 is 29.2 Å². The number of hydrogen-bond donors (Lipinski definition) is 1. The zero-order chi connectivity index (χ0) is 11.4. The van der Waals surface area contributed by atoms with E-state index in [4.69, 9.17) is 33.0 Å². The van der Waals surface area contributed by atoms with Gasteiger partial charge in [-0.3, -0.25) is 4.79 Å². The SMILES string of the molecule is COc1cc(Cl)c(CCC(=O)O)cc1Cl. The molecule has 0 amide bonds. The van der Waals surface area contributed by atoms with Crippen molar-refractivity contribution < 1.29 is 14.6 Å². The first kappa shape index (κ1) is 12.1. The number of ether oxygens (including phenoxy) is 1. The molecule has 0 fully saturated rings. The van der Waals surface area contributed by atoms with Gasteiger partial charge in [-0.25, -0.2) is 0 Å². The van der Waals surface area contributed by atoms with Crippen LogP contribution in [0.15, 0.2) is 12.1 Å². The van der Waals surface area contributed by atoms with Crippen LogP contribution in [0, 0.1) is 0 Å². The van der Waals surface area contributed by atoms with E-state index in [9.17, 15) is 4.79 Å². The molecular formula is C10H10Cl2O3. The monoisotopic (exact) mass is 248 g/mol. The fraction of sp³-hybridized carbons (Fsp3) is 0.300. The van der Waals surface area contributed by atoms with Crippen LogP contribution in [0.3, 0.4) is 0 Å². The number of aliphatic carboxylic acids is 1. The van der Waals surface area contributed by atoms with Gasteiger partial charge in [0, 0.05) is 17.5 Å². The number of methoxy groups -OCH3 is 1. The van der Waals surface area contributed by atoms with Gasteiger partial charge in [0.2, 0.25) is 0 Å². The topological polar surface area (TPSA) is 46.5 Å². The summed E-state index contributed by atoms with van der Waals surface area (Å²) in [5.74, 6) is -0.376. The predicted octanol–water partition coefficient (Wildman–Crippen LogP) is 3.02. The zero-order valence-electron chi connectivity index (χ0n) is 8.09. The fourth-order valence-electron chi connectivity index (χ4n) is 1.16. The van der Waals surface area contributed by atoms with Gasteiger partial charge in [-0.1, -0.05) is 23.2 Å². The maximum atomic E-state index is 10.4. The number of halogens is 2. The van der Waals surface area contributed by atoms with E-state index in [1.54, 1.807) is 12.1 Å². The van der Waals surface area contributed by atoms with Gasteiger partial charge in [-0.05, 0) is 18.1 Å². The predicted molar refractivity (Wildman–Crippen MR) is 59.0 cm³/mol. The summed E-state index contributed by atoms with van der Waals surface area (Å²) in [6.07, 6.45) is 0.389. The molecule has 0 aliphatic rings. The highest BCUT2D eigenvalue weighted by molar-refractivity contribution is 6.34. The van der Waals surface area contributed by atoms with Crippen LogP contribution in [0.2, 0.25) is 10.0 Å². The Morgan fingerprint density at radius 1 is 1.40 bits per heavy atom. The van der Waals surface area contributed by atoms with E-state index in [-0.39, 0.29) is 6.42 Å². The summed E-state index contributed by atoms with van der Waals surface area (Å²) in [4.78, 5) is 10.4. The van der Waals surface area contributed by atoms with Gasteiger partial charge >= 0.3 is 5.97 Å². The summed E-state index contributed by atoms with van der Waals surface area (Å²) < 4.78 is 4.97. The molecule has 1 aromatic rings. The Kier molecular flexibility index (Phi) is 4.24. The summed E-state index contributed by atoms with van der Waals surface area (Å²) in [6.45, 7) is 0. The van der Waals surface area contributed by atoms with Crippen molar-refractivity contribution in [3.8, 4) is 5.75 Å². The average molecular weight is 249 g/mol. The summed E-state index contributed by atoms with van der Waals surface area (Å²) in [6, 6.07) is 3.22. The lowest BCUT2D eigenvalue weighted by molar-refractivity contribution is -0.136. The van der Waals surface area contributed by atoms with E-state index in [1.165, 1.54) is 7.11 Å². The Balaban J connectivity index is 2.90. The second-order valence-electron chi connectivity index (χ2n) is 2.97. The summed E-state index contributed by atoms with van der Waals surface area (Å²) in [5, 5.41) is 9.44. The molecule has 0 aromatic heterocycles. The van der Waals surface area contributed by atoms with Crippen molar-refractivity contribution in [3.05, 3.63) is 27.7 Å². The molecule has 0 saturated heterocycles. The van der Waals surface area contributed by atoms with E-state index in [0.29, 0.717) is 27.8 Å². The minimum absolute atomic E-state index is 0.0301. The maximum Gasteiger partial charge on any atom is 0.303 e. The Labute approximate surface area is 97.6 Å². The van der Waals surface area contributed by atoms with Crippen molar-refractivity contribution in [2.24, 2.45) is 0 Å². The zero-order valence-corrected chi connectivity index (χ0v) is 9.60. The highest BCUT2D eigenvalue weighted by Crippen LogP contribution is 2.31. The quantitative estimate of drug-likeness (QED) is 0.892. The van der Waals surface area contributed by atoms with Crippen LogP contribution >= 0.6 is 23.2 Å². The van der Waals surface area contributed by atoms with Crippen molar-refractivity contribution in [2.75, 3.05) is 7.11 Å². The number of carboxylic acid groups (broad SMARTS) is 1. The summed E-state index contributed by atoms with van der Waals surface area (Å²) in [5.41, 5.74) is 0.713. The van der Waals surface area contributed by atoms with Crippen LogP contribution in [0.25, 0.3) is 0 Å². The number of aryl methyl sites for hydroxylation is 1. The van der Waals surface area contributed by atoms with Crippen molar-refractivity contribution in [1.82, 2.24) is 0 Å². The molecule has 0 radical (unpaired) electrons. The Morgan fingerprint density at radius 2 is 2.07 bits per heavy atom. The summed E-state index contributed by atoms with van der Waals surface area (Å²) >= 11 is 11.8. The molecule has 1 N–H and O–H groups in total. The van der Waals surface area contributed by atoms with Crippen LogP contribution in [-0.4, -0.2) is 18.2 Å². The highest BCUT2D eigenvalue weighted by Gasteiger charge is 2.08. The van der Waals surface area contributed by atoms with Crippen molar-refractivity contribution in [2.45, 2.75) is 12.8 Å². The average Bonchev–Trinajstić information content (AvgIpc) is 2.18. The second-order valence-corrected chi connectivity index (χ2v) is 3.79. The largest absolute Gasteiger partial charge is 0.495 e. The molecule has 0 heterocycles. The minimum atomic E-state index is -0.863. The van der Waals surface area contributed by atoms with Gasteiger partial charge in [0.25, 0.3) is 0 Å². The van der Waals surface area contributed by atoms with E-state index in [1.807, 2.05) is 0 Å². The Hall–Kier alpha value is -0.930. The van der Waals surface area contributed by atoms with Gasteiger partial charge in [-0.15, -0.1) is 0 Å². The second kappa shape index (κ2) is 5.24. The first-order valence-corrected chi connectivity index (χ1v) is 5.04. The Morgan fingerprint density at radius 3 is 2.60 bits per heavy atom. The van der Waals surface area contributed by atoms with E-state index in [0.717, 1.165) is 0 Å². The molecule has 1 rings (SSSR count). The van der Waals surface area contributed by atoms with Gasteiger partial charge in [0.05, 0.1) is 12.1 Å². The van der Waals surface area contributed by atoms with Crippen LogP contribution < -0.4 is 4.74 Å². The summed E-state index contributed by atoms with van der Waals surface area (Å²) in [7, 11) is 1.49. The normalized spacial score (nSPS) is 10.1. The smallest absolute Gasteiger partial charge is 0.303 e. The van der Waals surface area contributed by atoms with E-state index >= 15 is 0 Å². The Bertz CT molecular complexity index is 377. The number of benzene rings is 1. The third-order valence-electron chi connectivity index (χ3n) is 1.93. The highest BCUT2D eigenvalue weighted by atomic mass is 35.5. The standard InChI is InChI=1S/C10H10Cl2O3/c1-15-9-5-7(11)6(4-8(9)12)2-3-10(13)14/h4-5H,2-3H2,1H3,(H,13,14). The molecule has 15 heavy (non-hydrogen) atoms. The first-order chi connectivity index (χ1) is 7.04. The molecule has 0 spiro atoms. The van der Waals surface area contributed by atoms with Gasteiger partial charge in [0.15, 0.2) is 0 Å². The van der Waals surface area contributed by atoms with E-state index in [2.05, 4.69) is 0 Å².